The summed E-state index contributed by atoms with van der Waals surface area (Å²) in [5.74, 6) is 0.369. The normalized spacial score (nSPS) is 13.9. The molecule has 4 heteroatoms. The third kappa shape index (κ3) is 4.02. The van der Waals surface area contributed by atoms with Crippen molar-refractivity contribution in [2.24, 2.45) is 0 Å². The number of benzene rings is 1. The van der Waals surface area contributed by atoms with Crippen LogP contribution in [0.2, 0.25) is 0 Å². The Morgan fingerprint density at radius 2 is 2.00 bits per heavy atom. The van der Waals surface area contributed by atoms with E-state index in [2.05, 4.69) is 11.9 Å². The third-order valence-corrected chi connectivity index (χ3v) is 2.72. The van der Waals surface area contributed by atoms with E-state index in [1.807, 2.05) is 36.4 Å². The SMILES string of the molecule is C=C1C=C(COC(C)=O)NC=C1OCc1ccccc1. The highest BCUT2D eigenvalue weighted by molar-refractivity contribution is 5.66. The number of hydrogen-bond acceptors (Lipinski definition) is 4. The number of nitrogens with one attached hydrogen (secondary N) is 1. The molecular formula is C16H17NO3. The molecule has 0 unspecified atom stereocenters. The summed E-state index contributed by atoms with van der Waals surface area (Å²) in [7, 11) is 0. The van der Waals surface area contributed by atoms with E-state index in [0.717, 1.165) is 16.8 Å². The summed E-state index contributed by atoms with van der Waals surface area (Å²) in [4.78, 5) is 10.8. The van der Waals surface area contributed by atoms with Gasteiger partial charge in [-0.15, -0.1) is 0 Å². The number of esters is 1. The second kappa shape index (κ2) is 6.61. The standard InChI is InChI=1S/C16H17NO3/c1-12-8-15(11-19-13(2)18)17-9-16(12)20-10-14-6-4-3-5-7-14/h3-9,17H,1,10-11H2,2H3. The number of carbonyl (C=O) groups excluding carboxylic acids is 1. The van der Waals surface area contributed by atoms with Crippen molar-refractivity contribution in [3.05, 3.63) is 71.8 Å². The first-order valence-corrected chi connectivity index (χ1v) is 6.32. The van der Waals surface area contributed by atoms with Crippen LogP contribution < -0.4 is 5.32 Å². The molecule has 20 heavy (non-hydrogen) atoms. The third-order valence-electron chi connectivity index (χ3n) is 2.72. The molecule has 4 nitrogen and oxygen atoms in total. The number of carbonyl (C=O) groups is 1. The van der Waals surface area contributed by atoms with E-state index < -0.39 is 0 Å². The quantitative estimate of drug-likeness (QED) is 0.836. The molecule has 1 aromatic carbocycles. The van der Waals surface area contributed by atoms with E-state index in [0.29, 0.717) is 12.4 Å². The summed E-state index contributed by atoms with van der Waals surface area (Å²) in [6.07, 6.45) is 3.54. The average Bonchev–Trinajstić information content (AvgIpc) is 2.45. The Hall–Kier alpha value is -2.49. The number of rotatable bonds is 5. The largest absolute Gasteiger partial charge is 0.487 e. The second-order valence-electron chi connectivity index (χ2n) is 4.40. The average molecular weight is 271 g/mol. The molecule has 0 saturated carbocycles. The lowest BCUT2D eigenvalue weighted by Gasteiger charge is -2.18. The molecule has 0 bridgehead atoms. The lowest BCUT2D eigenvalue weighted by Crippen LogP contribution is -2.18. The van der Waals surface area contributed by atoms with Crippen molar-refractivity contribution in [2.45, 2.75) is 13.5 Å². The zero-order chi connectivity index (χ0) is 14.4. The predicted octanol–water partition coefficient (Wildman–Crippen LogP) is 2.65. The topological polar surface area (TPSA) is 47.6 Å². The summed E-state index contributed by atoms with van der Waals surface area (Å²) >= 11 is 0. The molecule has 1 aromatic rings. The lowest BCUT2D eigenvalue weighted by atomic mass is 10.1. The van der Waals surface area contributed by atoms with Crippen LogP contribution in [-0.4, -0.2) is 12.6 Å². The summed E-state index contributed by atoms with van der Waals surface area (Å²) in [5, 5.41) is 3.03. The van der Waals surface area contributed by atoms with Gasteiger partial charge in [-0.05, 0) is 11.6 Å². The van der Waals surface area contributed by atoms with Crippen molar-refractivity contribution in [2.75, 3.05) is 6.61 Å². The molecule has 104 valence electrons. The highest BCUT2D eigenvalue weighted by atomic mass is 16.5. The first-order valence-electron chi connectivity index (χ1n) is 6.32. The van der Waals surface area contributed by atoms with E-state index in [4.69, 9.17) is 9.47 Å². The van der Waals surface area contributed by atoms with Crippen LogP contribution in [0.25, 0.3) is 0 Å². The van der Waals surface area contributed by atoms with Crippen molar-refractivity contribution in [3.63, 3.8) is 0 Å². The molecule has 1 N–H and O–H groups in total. The Morgan fingerprint density at radius 1 is 1.25 bits per heavy atom. The minimum Gasteiger partial charge on any atom is -0.487 e. The Bertz CT molecular complexity index is 558. The molecule has 0 radical (unpaired) electrons. The smallest absolute Gasteiger partial charge is 0.303 e. The first-order chi connectivity index (χ1) is 9.65. The molecule has 0 amide bonds. The van der Waals surface area contributed by atoms with Crippen molar-refractivity contribution < 1.29 is 14.3 Å². The highest BCUT2D eigenvalue weighted by Crippen LogP contribution is 2.18. The molecule has 1 aliphatic heterocycles. The summed E-state index contributed by atoms with van der Waals surface area (Å²) in [6.45, 7) is 6.00. The van der Waals surface area contributed by atoms with Crippen LogP contribution in [0.1, 0.15) is 12.5 Å². The van der Waals surface area contributed by atoms with Gasteiger partial charge >= 0.3 is 5.97 Å². The number of allylic oxidation sites excluding steroid dienone is 1. The molecule has 0 fully saturated rings. The number of dihydropyridines is 1. The zero-order valence-electron chi connectivity index (χ0n) is 11.4. The van der Waals surface area contributed by atoms with Crippen LogP contribution in [-0.2, 0) is 20.9 Å². The minimum absolute atomic E-state index is 0.205. The van der Waals surface area contributed by atoms with Gasteiger partial charge in [0.05, 0.1) is 5.70 Å². The Labute approximate surface area is 118 Å². The molecule has 0 saturated heterocycles. The molecule has 0 spiro atoms. The number of ether oxygens (including phenoxy) is 2. The van der Waals surface area contributed by atoms with E-state index in [1.54, 1.807) is 6.20 Å². The van der Waals surface area contributed by atoms with Gasteiger partial charge in [0.2, 0.25) is 0 Å². The van der Waals surface area contributed by atoms with E-state index in [-0.39, 0.29) is 12.6 Å². The van der Waals surface area contributed by atoms with Gasteiger partial charge in [-0.3, -0.25) is 4.79 Å². The van der Waals surface area contributed by atoms with E-state index >= 15 is 0 Å². The van der Waals surface area contributed by atoms with Gasteiger partial charge < -0.3 is 14.8 Å². The Kier molecular flexibility index (Phi) is 4.60. The summed E-state index contributed by atoms with van der Waals surface area (Å²) < 4.78 is 10.6. The predicted molar refractivity (Wildman–Crippen MR) is 76.3 cm³/mol. The molecule has 0 aromatic heterocycles. The van der Waals surface area contributed by atoms with Crippen molar-refractivity contribution in [1.82, 2.24) is 5.32 Å². The second-order valence-corrected chi connectivity index (χ2v) is 4.40. The maximum atomic E-state index is 10.8. The minimum atomic E-state index is -0.312. The van der Waals surface area contributed by atoms with Gasteiger partial charge in [0, 0.05) is 18.7 Å². The van der Waals surface area contributed by atoms with Crippen molar-refractivity contribution in [1.29, 1.82) is 0 Å². The fraction of sp³-hybridized carbons (Fsp3) is 0.188. The van der Waals surface area contributed by atoms with Crippen LogP contribution in [0.15, 0.2) is 66.2 Å². The van der Waals surface area contributed by atoms with Crippen LogP contribution in [0.3, 0.4) is 0 Å². The molecular weight excluding hydrogens is 254 g/mol. The lowest BCUT2D eigenvalue weighted by molar-refractivity contribution is -0.140. The fourth-order valence-corrected chi connectivity index (χ4v) is 1.71. The van der Waals surface area contributed by atoms with E-state index in [1.165, 1.54) is 6.92 Å². The molecule has 0 atom stereocenters. The first kappa shape index (κ1) is 13.9. The van der Waals surface area contributed by atoms with Gasteiger partial charge in [-0.25, -0.2) is 0 Å². The summed E-state index contributed by atoms with van der Waals surface area (Å²) in [6, 6.07) is 9.91. The Balaban J connectivity index is 1.86. The fourth-order valence-electron chi connectivity index (χ4n) is 1.71. The zero-order valence-corrected chi connectivity index (χ0v) is 11.4. The van der Waals surface area contributed by atoms with Gasteiger partial charge in [-0.1, -0.05) is 36.9 Å². The van der Waals surface area contributed by atoms with E-state index in [9.17, 15) is 4.79 Å². The maximum Gasteiger partial charge on any atom is 0.303 e. The summed E-state index contributed by atoms with van der Waals surface area (Å²) in [5.41, 5.74) is 2.62. The van der Waals surface area contributed by atoms with Gasteiger partial charge in [0.25, 0.3) is 0 Å². The van der Waals surface area contributed by atoms with Gasteiger partial charge in [-0.2, -0.15) is 0 Å². The van der Waals surface area contributed by atoms with Crippen LogP contribution >= 0.6 is 0 Å². The monoisotopic (exact) mass is 271 g/mol. The molecule has 1 heterocycles. The van der Waals surface area contributed by atoms with Crippen LogP contribution in [0.5, 0.6) is 0 Å². The number of hydrogen-bond donors (Lipinski definition) is 1. The molecule has 2 rings (SSSR count). The van der Waals surface area contributed by atoms with Gasteiger partial charge in [0.1, 0.15) is 19.0 Å². The molecule has 0 aliphatic carbocycles. The van der Waals surface area contributed by atoms with Crippen molar-refractivity contribution >= 4 is 5.97 Å². The van der Waals surface area contributed by atoms with Gasteiger partial charge in [0.15, 0.2) is 0 Å². The van der Waals surface area contributed by atoms with Crippen LogP contribution in [0, 0.1) is 0 Å². The highest BCUT2D eigenvalue weighted by Gasteiger charge is 2.11. The van der Waals surface area contributed by atoms with Crippen molar-refractivity contribution in [3.8, 4) is 0 Å². The molecule has 1 aliphatic rings. The Morgan fingerprint density at radius 3 is 2.65 bits per heavy atom. The maximum absolute atomic E-state index is 10.8. The van der Waals surface area contributed by atoms with Crippen LogP contribution in [0.4, 0.5) is 0 Å².